The normalized spacial score (nSPS) is 11.4. The molecule has 1 aromatic rings. The highest BCUT2D eigenvalue weighted by atomic mass is 79.9. The van der Waals surface area contributed by atoms with Crippen molar-refractivity contribution in [2.45, 2.75) is 20.8 Å². The van der Waals surface area contributed by atoms with Crippen molar-refractivity contribution in [1.29, 1.82) is 0 Å². The smallest absolute Gasteiger partial charge is 0.254 e. The maximum absolute atomic E-state index is 13.3. The van der Waals surface area contributed by atoms with Crippen molar-refractivity contribution < 1.29 is 9.18 Å². The van der Waals surface area contributed by atoms with Crippen LogP contribution in [0.5, 0.6) is 0 Å². The van der Waals surface area contributed by atoms with E-state index in [2.05, 4.69) is 36.7 Å². The minimum atomic E-state index is -0.417. The summed E-state index contributed by atoms with van der Waals surface area (Å²) in [7, 11) is 1.73. The number of hydrogen-bond donors (Lipinski definition) is 0. The summed E-state index contributed by atoms with van der Waals surface area (Å²) >= 11 is 3.11. The fourth-order valence-corrected chi connectivity index (χ4v) is 2.09. The van der Waals surface area contributed by atoms with Crippen molar-refractivity contribution in [3.8, 4) is 0 Å². The SMILES string of the molecule is CN(CC(C)(C)C)C(=O)c1cccc(F)c1Br. The van der Waals surface area contributed by atoms with Gasteiger partial charge in [0.05, 0.1) is 10.0 Å². The summed E-state index contributed by atoms with van der Waals surface area (Å²) in [5.74, 6) is -0.591. The van der Waals surface area contributed by atoms with Gasteiger partial charge in [-0.3, -0.25) is 4.79 Å². The van der Waals surface area contributed by atoms with Crippen LogP contribution in [0.25, 0.3) is 0 Å². The first-order valence-electron chi connectivity index (χ1n) is 5.42. The fourth-order valence-electron chi connectivity index (χ4n) is 1.66. The largest absolute Gasteiger partial charge is 0.341 e. The van der Waals surface area contributed by atoms with E-state index < -0.39 is 5.82 Å². The molecule has 0 fully saturated rings. The van der Waals surface area contributed by atoms with E-state index >= 15 is 0 Å². The topological polar surface area (TPSA) is 20.3 Å². The van der Waals surface area contributed by atoms with Crippen LogP contribution in [0.4, 0.5) is 4.39 Å². The molecule has 17 heavy (non-hydrogen) atoms. The molecule has 0 unspecified atom stereocenters. The molecule has 1 amide bonds. The van der Waals surface area contributed by atoms with Gasteiger partial charge in [0.15, 0.2) is 0 Å². The predicted octanol–water partition coefficient (Wildman–Crippen LogP) is 3.71. The molecular weight excluding hydrogens is 285 g/mol. The van der Waals surface area contributed by atoms with Crippen LogP contribution in [0.3, 0.4) is 0 Å². The lowest BCUT2D eigenvalue weighted by molar-refractivity contribution is 0.0744. The third kappa shape index (κ3) is 3.80. The Morgan fingerprint density at radius 2 is 2.00 bits per heavy atom. The number of benzene rings is 1. The van der Waals surface area contributed by atoms with Crippen LogP contribution in [-0.2, 0) is 0 Å². The molecule has 0 N–H and O–H groups in total. The summed E-state index contributed by atoms with van der Waals surface area (Å²) in [4.78, 5) is 13.7. The predicted molar refractivity (Wildman–Crippen MR) is 70.5 cm³/mol. The first-order valence-corrected chi connectivity index (χ1v) is 6.21. The Bertz CT molecular complexity index is 426. The molecule has 1 rings (SSSR count). The molecule has 0 aromatic heterocycles. The lowest BCUT2D eigenvalue weighted by atomic mass is 9.96. The quantitative estimate of drug-likeness (QED) is 0.815. The number of nitrogens with zero attached hydrogens (tertiary/aromatic N) is 1. The number of rotatable bonds is 2. The Morgan fingerprint density at radius 3 is 2.53 bits per heavy atom. The summed E-state index contributed by atoms with van der Waals surface area (Å²) in [5, 5.41) is 0. The fraction of sp³-hybridized carbons (Fsp3) is 0.462. The van der Waals surface area contributed by atoms with Crippen molar-refractivity contribution >= 4 is 21.8 Å². The van der Waals surface area contributed by atoms with E-state index in [1.165, 1.54) is 12.1 Å². The molecule has 2 nitrogen and oxygen atoms in total. The van der Waals surface area contributed by atoms with Crippen LogP contribution >= 0.6 is 15.9 Å². The van der Waals surface area contributed by atoms with Gasteiger partial charge in [0.25, 0.3) is 5.91 Å². The highest BCUT2D eigenvalue weighted by Crippen LogP contribution is 2.23. The molecule has 0 saturated carbocycles. The molecule has 0 heterocycles. The van der Waals surface area contributed by atoms with Gasteiger partial charge in [-0.05, 0) is 33.5 Å². The highest BCUT2D eigenvalue weighted by molar-refractivity contribution is 9.10. The van der Waals surface area contributed by atoms with Gasteiger partial charge in [-0.25, -0.2) is 4.39 Å². The van der Waals surface area contributed by atoms with Gasteiger partial charge >= 0.3 is 0 Å². The summed E-state index contributed by atoms with van der Waals surface area (Å²) < 4.78 is 13.6. The Hall–Kier alpha value is -0.900. The number of carbonyl (C=O) groups is 1. The molecule has 0 saturated heterocycles. The van der Waals surface area contributed by atoms with Gasteiger partial charge in [-0.15, -0.1) is 0 Å². The molecular formula is C13H17BrFNO. The van der Waals surface area contributed by atoms with Gasteiger partial charge in [-0.1, -0.05) is 26.8 Å². The first-order chi connectivity index (χ1) is 7.72. The highest BCUT2D eigenvalue weighted by Gasteiger charge is 2.21. The van der Waals surface area contributed by atoms with E-state index in [1.807, 2.05) is 0 Å². The summed E-state index contributed by atoms with van der Waals surface area (Å²) in [6.45, 7) is 6.78. The Labute approximate surface area is 110 Å². The van der Waals surface area contributed by atoms with Gasteiger partial charge in [0, 0.05) is 13.6 Å². The molecule has 4 heteroatoms. The number of hydrogen-bond acceptors (Lipinski definition) is 1. The molecule has 0 bridgehead atoms. The monoisotopic (exact) mass is 301 g/mol. The van der Waals surface area contributed by atoms with E-state index in [-0.39, 0.29) is 15.8 Å². The number of carbonyl (C=O) groups excluding carboxylic acids is 1. The molecule has 0 aliphatic heterocycles. The van der Waals surface area contributed by atoms with Crippen LogP contribution in [0, 0.1) is 11.2 Å². The van der Waals surface area contributed by atoms with Crippen LogP contribution in [0.1, 0.15) is 31.1 Å². The van der Waals surface area contributed by atoms with Crippen LogP contribution in [0.2, 0.25) is 0 Å². The summed E-state index contributed by atoms with van der Waals surface area (Å²) in [5.41, 5.74) is 0.376. The summed E-state index contributed by atoms with van der Waals surface area (Å²) in [6, 6.07) is 4.48. The van der Waals surface area contributed by atoms with Gasteiger partial charge < -0.3 is 4.90 Å². The molecule has 1 aromatic carbocycles. The van der Waals surface area contributed by atoms with Crippen molar-refractivity contribution in [3.63, 3.8) is 0 Å². The lowest BCUT2D eigenvalue weighted by Gasteiger charge is -2.27. The zero-order valence-corrected chi connectivity index (χ0v) is 12.1. The van der Waals surface area contributed by atoms with Crippen molar-refractivity contribution in [3.05, 3.63) is 34.1 Å². The second-order valence-electron chi connectivity index (χ2n) is 5.32. The Kier molecular flexibility index (Phi) is 4.31. The second kappa shape index (κ2) is 5.17. The van der Waals surface area contributed by atoms with Crippen molar-refractivity contribution in [2.24, 2.45) is 5.41 Å². The molecule has 0 atom stereocenters. The van der Waals surface area contributed by atoms with Crippen LogP contribution in [0.15, 0.2) is 22.7 Å². The van der Waals surface area contributed by atoms with E-state index in [0.29, 0.717) is 12.1 Å². The van der Waals surface area contributed by atoms with E-state index in [1.54, 1.807) is 18.0 Å². The van der Waals surface area contributed by atoms with Crippen molar-refractivity contribution in [1.82, 2.24) is 4.90 Å². The van der Waals surface area contributed by atoms with Crippen LogP contribution < -0.4 is 0 Å². The maximum atomic E-state index is 13.3. The van der Waals surface area contributed by atoms with Gasteiger partial charge in [0.1, 0.15) is 5.82 Å². The maximum Gasteiger partial charge on any atom is 0.254 e. The zero-order chi connectivity index (χ0) is 13.2. The molecule has 0 radical (unpaired) electrons. The van der Waals surface area contributed by atoms with Crippen LogP contribution in [-0.4, -0.2) is 24.4 Å². The van der Waals surface area contributed by atoms with E-state index in [4.69, 9.17) is 0 Å². The third-order valence-electron chi connectivity index (χ3n) is 2.24. The minimum Gasteiger partial charge on any atom is -0.341 e. The molecule has 0 spiro atoms. The average Bonchev–Trinajstić information content (AvgIpc) is 2.18. The van der Waals surface area contributed by atoms with Gasteiger partial charge in [-0.2, -0.15) is 0 Å². The molecule has 94 valence electrons. The standard InChI is InChI=1S/C13H17BrFNO/c1-13(2,3)8-16(4)12(17)9-6-5-7-10(15)11(9)14/h5-7H,8H2,1-4H3. The van der Waals surface area contributed by atoms with Crippen molar-refractivity contribution in [2.75, 3.05) is 13.6 Å². The third-order valence-corrected chi connectivity index (χ3v) is 3.05. The molecule has 0 aliphatic carbocycles. The zero-order valence-electron chi connectivity index (χ0n) is 10.6. The van der Waals surface area contributed by atoms with E-state index in [9.17, 15) is 9.18 Å². The van der Waals surface area contributed by atoms with Gasteiger partial charge in [0.2, 0.25) is 0 Å². The number of amides is 1. The Morgan fingerprint density at radius 1 is 1.41 bits per heavy atom. The number of halogens is 2. The average molecular weight is 302 g/mol. The first kappa shape index (κ1) is 14.2. The second-order valence-corrected chi connectivity index (χ2v) is 6.12. The Balaban J connectivity index is 2.93. The summed E-state index contributed by atoms with van der Waals surface area (Å²) in [6.07, 6.45) is 0. The minimum absolute atomic E-state index is 0.0181. The van der Waals surface area contributed by atoms with E-state index in [0.717, 1.165) is 0 Å². The molecule has 0 aliphatic rings. The lowest BCUT2D eigenvalue weighted by Crippen LogP contribution is -2.34.